The molecule has 3 aromatic carbocycles. The third-order valence-electron chi connectivity index (χ3n) is 6.22. The second-order valence-electron chi connectivity index (χ2n) is 8.22. The molecule has 2 heterocycles. The Bertz CT molecular complexity index is 1230. The molecule has 172 valence electrons. The number of hydrogen-bond acceptors (Lipinski definition) is 5. The number of para-hydroxylation sites is 2. The Morgan fingerprint density at radius 1 is 0.824 bits per heavy atom. The van der Waals surface area contributed by atoms with Crippen LogP contribution in [-0.4, -0.2) is 55.4 Å². The van der Waals surface area contributed by atoms with Crippen LogP contribution in [0.3, 0.4) is 0 Å². The second kappa shape index (κ2) is 9.02. The highest BCUT2D eigenvalue weighted by molar-refractivity contribution is 6.34. The predicted octanol–water partition coefficient (Wildman–Crippen LogP) is 3.85. The number of nitrogens with zero attached hydrogens (tertiary/aromatic N) is 3. The van der Waals surface area contributed by atoms with Crippen molar-refractivity contribution in [3.05, 3.63) is 89.5 Å². The molecular weight excluding hydrogens is 430 g/mol. The van der Waals surface area contributed by atoms with Gasteiger partial charge in [0.25, 0.3) is 17.7 Å². The minimum atomic E-state index is -0.369. The van der Waals surface area contributed by atoms with Crippen LogP contribution in [0.4, 0.5) is 11.4 Å². The molecule has 0 aliphatic carbocycles. The van der Waals surface area contributed by atoms with Crippen LogP contribution in [0.15, 0.2) is 72.8 Å². The lowest BCUT2D eigenvalue weighted by atomic mass is 10.1. The van der Waals surface area contributed by atoms with Crippen molar-refractivity contribution in [2.45, 2.75) is 6.92 Å². The standard InChI is InChI=1S/C27H25N3O4/c1-2-34-24-13-6-5-12-23(24)28-14-16-29(17-15-28)25(31)19-8-7-9-20(18-19)30-26(32)21-10-3-4-11-22(21)27(30)33/h3-13,18H,2,14-17H2,1H3. The topological polar surface area (TPSA) is 70.2 Å². The molecule has 3 aromatic rings. The zero-order valence-electron chi connectivity index (χ0n) is 18.9. The first-order valence-electron chi connectivity index (χ1n) is 11.4. The van der Waals surface area contributed by atoms with Gasteiger partial charge in [-0.1, -0.05) is 30.3 Å². The van der Waals surface area contributed by atoms with Crippen LogP contribution >= 0.6 is 0 Å². The lowest BCUT2D eigenvalue weighted by molar-refractivity contribution is 0.0745. The van der Waals surface area contributed by atoms with E-state index in [1.54, 1.807) is 53.4 Å². The van der Waals surface area contributed by atoms with Crippen molar-refractivity contribution in [1.82, 2.24) is 4.90 Å². The summed E-state index contributed by atoms with van der Waals surface area (Å²) in [6, 6.07) is 21.4. The van der Waals surface area contributed by atoms with E-state index < -0.39 is 0 Å². The fourth-order valence-corrected chi connectivity index (χ4v) is 4.53. The fraction of sp³-hybridized carbons (Fsp3) is 0.222. The molecule has 2 aliphatic rings. The smallest absolute Gasteiger partial charge is 0.266 e. The average molecular weight is 456 g/mol. The number of imide groups is 1. The van der Waals surface area contributed by atoms with Crippen molar-refractivity contribution in [3.63, 3.8) is 0 Å². The molecule has 0 atom stereocenters. The maximum Gasteiger partial charge on any atom is 0.266 e. The van der Waals surface area contributed by atoms with Gasteiger partial charge in [-0.3, -0.25) is 14.4 Å². The lowest BCUT2D eigenvalue weighted by Gasteiger charge is -2.36. The van der Waals surface area contributed by atoms with Crippen LogP contribution in [-0.2, 0) is 0 Å². The number of carbonyl (C=O) groups excluding carboxylic acids is 3. The predicted molar refractivity (Wildman–Crippen MR) is 130 cm³/mol. The molecule has 0 aromatic heterocycles. The summed E-state index contributed by atoms with van der Waals surface area (Å²) in [7, 11) is 0. The molecule has 0 saturated carbocycles. The van der Waals surface area contributed by atoms with E-state index in [1.165, 1.54) is 0 Å². The molecule has 0 unspecified atom stereocenters. The molecule has 7 nitrogen and oxygen atoms in total. The summed E-state index contributed by atoms with van der Waals surface area (Å²) in [6.45, 7) is 5.07. The van der Waals surface area contributed by atoms with E-state index in [0.29, 0.717) is 55.2 Å². The Labute approximate surface area is 198 Å². The first-order chi connectivity index (χ1) is 16.6. The number of hydrogen-bond donors (Lipinski definition) is 0. The van der Waals surface area contributed by atoms with E-state index in [-0.39, 0.29) is 17.7 Å². The second-order valence-corrected chi connectivity index (χ2v) is 8.22. The number of anilines is 2. The number of benzene rings is 3. The Hall–Kier alpha value is -4.13. The maximum atomic E-state index is 13.3. The van der Waals surface area contributed by atoms with Gasteiger partial charge in [-0.05, 0) is 49.4 Å². The molecule has 34 heavy (non-hydrogen) atoms. The van der Waals surface area contributed by atoms with E-state index in [2.05, 4.69) is 4.90 Å². The summed E-state index contributed by atoms with van der Waals surface area (Å²) in [5.41, 5.74) is 2.66. The molecule has 2 aliphatic heterocycles. The fourth-order valence-electron chi connectivity index (χ4n) is 4.53. The van der Waals surface area contributed by atoms with Gasteiger partial charge in [0.05, 0.1) is 29.1 Å². The molecule has 0 N–H and O–H groups in total. The van der Waals surface area contributed by atoms with E-state index >= 15 is 0 Å². The first kappa shape index (κ1) is 21.7. The Morgan fingerprint density at radius 3 is 2.15 bits per heavy atom. The third kappa shape index (κ3) is 3.79. The molecular formula is C27H25N3O4. The van der Waals surface area contributed by atoms with E-state index in [0.717, 1.165) is 16.3 Å². The quantitative estimate of drug-likeness (QED) is 0.547. The zero-order valence-corrected chi connectivity index (χ0v) is 18.9. The normalized spacial score (nSPS) is 15.5. The molecule has 0 bridgehead atoms. The highest BCUT2D eigenvalue weighted by Crippen LogP contribution is 2.30. The van der Waals surface area contributed by atoms with Crippen LogP contribution < -0.4 is 14.5 Å². The molecule has 1 fully saturated rings. The average Bonchev–Trinajstić information content (AvgIpc) is 3.14. The molecule has 1 saturated heterocycles. The van der Waals surface area contributed by atoms with Gasteiger partial charge in [-0.2, -0.15) is 0 Å². The number of fused-ring (bicyclic) bond motifs is 1. The van der Waals surface area contributed by atoms with Crippen LogP contribution in [0.25, 0.3) is 0 Å². The van der Waals surface area contributed by atoms with Crippen molar-refractivity contribution in [1.29, 1.82) is 0 Å². The van der Waals surface area contributed by atoms with Crippen molar-refractivity contribution in [2.24, 2.45) is 0 Å². The lowest BCUT2D eigenvalue weighted by Crippen LogP contribution is -2.49. The van der Waals surface area contributed by atoms with E-state index in [1.807, 2.05) is 31.2 Å². The van der Waals surface area contributed by atoms with Crippen LogP contribution in [0.5, 0.6) is 5.75 Å². The highest BCUT2D eigenvalue weighted by atomic mass is 16.5. The highest BCUT2D eigenvalue weighted by Gasteiger charge is 2.36. The van der Waals surface area contributed by atoms with Crippen LogP contribution in [0.2, 0.25) is 0 Å². The van der Waals surface area contributed by atoms with Gasteiger partial charge in [0.1, 0.15) is 5.75 Å². The number of piperazine rings is 1. The Morgan fingerprint density at radius 2 is 1.47 bits per heavy atom. The largest absolute Gasteiger partial charge is 0.492 e. The van der Waals surface area contributed by atoms with E-state index in [4.69, 9.17) is 4.74 Å². The monoisotopic (exact) mass is 455 g/mol. The summed E-state index contributed by atoms with van der Waals surface area (Å²) < 4.78 is 5.75. The van der Waals surface area contributed by atoms with E-state index in [9.17, 15) is 14.4 Å². The summed E-state index contributed by atoms with van der Waals surface area (Å²) in [6.07, 6.45) is 0. The van der Waals surface area contributed by atoms with Crippen molar-refractivity contribution < 1.29 is 19.1 Å². The molecule has 5 rings (SSSR count). The maximum absolute atomic E-state index is 13.3. The van der Waals surface area contributed by atoms with Gasteiger partial charge >= 0.3 is 0 Å². The summed E-state index contributed by atoms with van der Waals surface area (Å²) in [4.78, 5) is 44.1. The Kier molecular flexibility index (Phi) is 5.76. The van der Waals surface area contributed by atoms with Gasteiger partial charge in [0.15, 0.2) is 0 Å². The zero-order chi connectivity index (χ0) is 23.7. The van der Waals surface area contributed by atoms with Crippen LogP contribution in [0, 0.1) is 0 Å². The minimum Gasteiger partial charge on any atom is -0.492 e. The molecule has 0 radical (unpaired) electrons. The molecule has 7 heteroatoms. The van der Waals surface area contributed by atoms with Gasteiger partial charge in [0, 0.05) is 31.7 Å². The molecule has 0 spiro atoms. The minimum absolute atomic E-state index is 0.115. The van der Waals surface area contributed by atoms with Crippen molar-refractivity contribution in [3.8, 4) is 5.75 Å². The van der Waals surface area contributed by atoms with Crippen molar-refractivity contribution >= 4 is 29.1 Å². The van der Waals surface area contributed by atoms with Gasteiger partial charge in [0.2, 0.25) is 0 Å². The van der Waals surface area contributed by atoms with Gasteiger partial charge in [-0.25, -0.2) is 4.90 Å². The number of rotatable bonds is 5. The van der Waals surface area contributed by atoms with Gasteiger partial charge in [-0.15, -0.1) is 0 Å². The van der Waals surface area contributed by atoms with Crippen LogP contribution in [0.1, 0.15) is 38.0 Å². The summed E-state index contributed by atoms with van der Waals surface area (Å²) >= 11 is 0. The SMILES string of the molecule is CCOc1ccccc1N1CCN(C(=O)c2cccc(N3C(=O)c4ccccc4C3=O)c2)CC1. The summed E-state index contributed by atoms with van der Waals surface area (Å²) in [5.74, 6) is -0.00632. The first-order valence-corrected chi connectivity index (χ1v) is 11.4. The third-order valence-corrected chi connectivity index (χ3v) is 6.22. The van der Waals surface area contributed by atoms with Gasteiger partial charge < -0.3 is 14.5 Å². The summed E-state index contributed by atoms with van der Waals surface area (Å²) in [5, 5.41) is 0. The molecule has 3 amide bonds. The Balaban J connectivity index is 1.30. The number of ether oxygens (including phenoxy) is 1. The number of carbonyl (C=O) groups is 3. The number of amides is 3. The van der Waals surface area contributed by atoms with Crippen molar-refractivity contribution in [2.75, 3.05) is 42.6 Å².